The van der Waals surface area contributed by atoms with Gasteiger partial charge in [-0.15, -0.1) is 0 Å². The molecule has 3 heterocycles. The van der Waals surface area contributed by atoms with Crippen LogP contribution < -0.4 is 20.3 Å². The first kappa shape index (κ1) is 28.0. The highest BCUT2D eigenvalue weighted by molar-refractivity contribution is 6.05. The molecule has 1 amide bonds. The van der Waals surface area contributed by atoms with Gasteiger partial charge >= 0.3 is 6.18 Å². The van der Waals surface area contributed by atoms with Gasteiger partial charge in [0.25, 0.3) is 5.91 Å². The number of carbonyl (C=O) groups excluding carboxylic acids is 1. The minimum Gasteiger partial charge on any atom is -0.496 e. The van der Waals surface area contributed by atoms with Gasteiger partial charge in [-0.3, -0.25) is 4.79 Å². The third kappa shape index (κ3) is 6.14. The van der Waals surface area contributed by atoms with Crippen LogP contribution in [0.25, 0.3) is 11.0 Å². The Morgan fingerprint density at radius 2 is 1.83 bits per heavy atom. The number of fused-ring (bicyclic) bond motifs is 1. The van der Waals surface area contributed by atoms with Crippen molar-refractivity contribution in [2.75, 3.05) is 35.7 Å². The van der Waals surface area contributed by atoms with Gasteiger partial charge in [0.05, 0.1) is 31.1 Å². The number of nitrogens with zero attached hydrogens (tertiary/aromatic N) is 5. The maximum absolute atomic E-state index is 13.4. The van der Waals surface area contributed by atoms with Gasteiger partial charge in [0, 0.05) is 30.0 Å². The number of halogens is 3. The van der Waals surface area contributed by atoms with Crippen molar-refractivity contribution in [3.63, 3.8) is 0 Å². The Morgan fingerprint density at radius 1 is 1.07 bits per heavy atom. The number of methoxy groups -OCH3 is 1. The van der Waals surface area contributed by atoms with Crippen LogP contribution in [0.5, 0.6) is 5.75 Å². The minimum atomic E-state index is -4.64. The second kappa shape index (κ2) is 11.2. The molecule has 2 unspecified atom stereocenters. The molecule has 13 heteroatoms. The summed E-state index contributed by atoms with van der Waals surface area (Å²) in [7, 11) is 1.15. The molecule has 1 aliphatic rings. The molecule has 0 spiro atoms. The van der Waals surface area contributed by atoms with Crippen LogP contribution in [0.15, 0.2) is 48.9 Å². The first-order chi connectivity index (χ1) is 19.5. The average molecular weight is 568 g/mol. The zero-order valence-corrected chi connectivity index (χ0v) is 22.8. The lowest BCUT2D eigenvalue weighted by Crippen LogP contribution is -2.46. The smallest absolute Gasteiger partial charge is 0.420 e. The number of hydrogen-bond donors (Lipinski definition) is 2. The fourth-order valence-corrected chi connectivity index (χ4v) is 4.67. The number of hydrogen-bond acceptors (Lipinski definition) is 9. The molecule has 4 aromatic rings. The average Bonchev–Trinajstić information content (AvgIpc) is 2.93. The Morgan fingerprint density at radius 3 is 2.54 bits per heavy atom. The molecule has 0 bridgehead atoms. The molecule has 2 atom stereocenters. The molecule has 41 heavy (non-hydrogen) atoms. The van der Waals surface area contributed by atoms with Gasteiger partial charge in [-0.2, -0.15) is 13.2 Å². The van der Waals surface area contributed by atoms with E-state index < -0.39 is 17.6 Å². The summed E-state index contributed by atoms with van der Waals surface area (Å²) in [5.41, 5.74) is 1.63. The van der Waals surface area contributed by atoms with E-state index >= 15 is 0 Å². The Kier molecular flexibility index (Phi) is 7.63. The monoisotopic (exact) mass is 567 g/mol. The summed E-state index contributed by atoms with van der Waals surface area (Å²) in [5, 5.41) is 5.77. The van der Waals surface area contributed by atoms with Crippen molar-refractivity contribution < 1.29 is 27.4 Å². The number of benzene rings is 2. The molecule has 2 aromatic carbocycles. The lowest BCUT2D eigenvalue weighted by Gasteiger charge is -2.35. The highest BCUT2D eigenvalue weighted by Gasteiger charge is 2.34. The fraction of sp³-hybridized carbons (Fsp3) is 0.321. The van der Waals surface area contributed by atoms with Crippen molar-refractivity contribution in [1.82, 2.24) is 19.9 Å². The topological polar surface area (TPSA) is 114 Å². The maximum atomic E-state index is 13.4. The lowest BCUT2D eigenvalue weighted by atomic mass is 10.1. The molecule has 10 nitrogen and oxygen atoms in total. The van der Waals surface area contributed by atoms with Crippen molar-refractivity contribution in [3.05, 3.63) is 65.6 Å². The van der Waals surface area contributed by atoms with Gasteiger partial charge in [0.1, 0.15) is 23.1 Å². The number of aromatic nitrogens is 4. The van der Waals surface area contributed by atoms with Gasteiger partial charge in [-0.25, -0.2) is 19.9 Å². The Labute approximate surface area is 233 Å². The standard InChI is InChI=1S/C28H28F3N7O3/c1-15-5-6-18(26(39)35-19-7-8-23(40-4)20(10-19)28(29,30)31)9-21(15)36-25-24-22(33-14-34-25)11-32-27(37-24)38-12-16(2)41-17(3)13-38/h5-11,14,16-17H,12-13H2,1-4H3,(H,35,39)(H,33,34,36). The van der Waals surface area contributed by atoms with Crippen LogP contribution in [-0.4, -0.2) is 58.3 Å². The number of nitrogens with one attached hydrogen (secondary N) is 2. The van der Waals surface area contributed by atoms with E-state index in [2.05, 4.69) is 30.5 Å². The van der Waals surface area contributed by atoms with Gasteiger partial charge in [0.15, 0.2) is 5.82 Å². The number of aryl methyl sites for hydroxylation is 1. The fourth-order valence-electron chi connectivity index (χ4n) is 4.67. The Bertz CT molecular complexity index is 1590. The number of anilines is 4. The van der Waals surface area contributed by atoms with E-state index in [1.807, 2.05) is 20.8 Å². The van der Waals surface area contributed by atoms with Crippen molar-refractivity contribution >= 4 is 40.1 Å². The highest BCUT2D eigenvalue weighted by atomic mass is 19.4. The number of rotatable bonds is 6. The second-order valence-electron chi connectivity index (χ2n) is 9.81. The first-order valence-corrected chi connectivity index (χ1v) is 12.8. The number of alkyl halides is 3. The van der Waals surface area contributed by atoms with Gasteiger partial charge < -0.3 is 25.0 Å². The predicted molar refractivity (Wildman–Crippen MR) is 148 cm³/mol. The Hall–Kier alpha value is -4.52. The van der Waals surface area contributed by atoms with Crippen LogP contribution >= 0.6 is 0 Å². The molecule has 1 saturated heterocycles. The number of amides is 1. The quantitative estimate of drug-likeness (QED) is 0.318. The van der Waals surface area contributed by atoms with Gasteiger partial charge in [-0.1, -0.05) is 6.07 Å². The normalized spacial score (nSPS) is 17.4. The molecule has 1 fully saturated rings. The van der Waals surface area contributed by atoms with Crippen LogP contribution in [0.4, 0.5) is 36.3 Å². The Balaban J connectivity index is 1.41. The van der Waals surface area contributed by atoms with E-state index in [1.165, 1.54) is 12.4 Å². The zero-order valence-electron chi connectivity index (χ0n) is 22.8. The van der Waals surface area contributed by atoms with E-state index in [0.29, 0.717) is 41.6 Å². The van der Waals surface area contributed by atoms with Crippen molar-refractivity contribution in [2.45, 2.75) is 39.2 Å². The summed E-state index contributed by atoms with van der Waals surface area (Å²) < 4.78 is 50.9. The molecule has 1 aliphatic heterocycles. The molecule has 5 rings (SSSR count). The number of morpholine rings is 1. The van der Waals surface area contributed by atoms with Crippen molar-refractivity contribution in [2.24, 2.45) is 0 Å². The van der Waals surface area contributed by atoms with Crippen molar-refractivity contribution in [1.29, 1.82) is 0 Å². The van der Waals surface area contributed by atoms with Crippen LogP contribution in [0.1, 0.15) is 35.3 Å². The minimum absolute atomic E-state index is 0.0176. The first-order valence-electron chi connectivity index (χ1n) is 12.8. The van der Waals surface area contributed by atoms with Crippen LogP contribution in [0.2, 0.25) is 0 Å². The van der Waals surface area contributed by atoms with Gasteiger partial charge in [0.2, 0.25) is 5.95 Å². The van der Waals surface area contributed by atoms with E-state index in [0.717, 1.165) is 24.8 Å². The van der Waals surface area contributed by atoms with E-state index in [9.17, 15) is 18.0 Å². The predicted octanol–water partition coefficient (Wildman–Crippen LogP) is 5.37. The molecule has 2 aromatic heterocycles. The van der Waals surface area contributed by atoms with E-state index in [-0.39, 0.29) is 29.2 Å². The summed E-state index contributed by atoms with van der Waals surface area (Å²) in [6, 6.07) is 8.26. The third-order valence-corrected chi connectivity index (χ3v) is 6.58. The molecular formula is C28H28F3N7O3. The van der Waals surface area contributed by atoms with E-state index in [1.54, 1.807) is 24.4 Å². The second-order valence-corrected chi connectivity index (χ2v) is 9.81. The molecule has 0 radical (unpaired) electrons. The molecule has 214 valence electrons. The van der Waals surface area contributed by atoms with Crippen molar-refractivity contribution in [3.8, 4) is 5.75 Å². The largest absolute Gasteiger partial charge is 0.496 e. The maximum Gasteiger partial charge on any atom is 0.420 e. The molecule has 2 N–H and O–H groups in total. The third-order valence-electron chi connectivity index (χ3n) is 6.58. The number of carbonyl (C=O) groups is 1. The molecule has 0 saturated carbocycles. The molecule has 0 aliphatic carbocycles. The van der Waals surface area contributed by atoms with E-state index in [4.69, 9.17) is 14.5 Å². The van der Waals surface area contributed by atoms with Crippen LogP contribution in [0, 0.1) is 6.92 Å². The van der Waals surface area contributed by atoms with Crippen LogP contribution in [0.3, 0.4) is 0 Å². The summed E-state index contributed by atoms with van der Waals surface area (Å²) in [6.45, 7) is 7.12. The SMILES string of the molecule is COc1ccc(NC(=O)c2ccc(C)c(Nc3ncnc4cnc(N5CC(C)OC(C)C5)nc34)c2)cc1C(F)(F)F. The molecular weight excluding hydrogens is 539 g/mol. The van der Waals surface area contributed by atoms with Crippen LogP contribution in [-0.2, 0) is 10.9 Å². The summed E-state index contributed by atoms with van der Waals surface area (Å²) in [6.07, 6.45) is -1.57. The summed E-state index contributed by atoms with van der Waals surface area (Å²) in [5.74, 6) is 0.0246. The zero-order chi connectivity index (χ0) is 29.3. The summed E-state index contributed by atoms with van der Waals surface area (Å²) >= 11 is 0. The highest BCUT2D eigenvalue weighted by Crippen LogP contribution is 2.38. The number of ether oxygens (including phenoxy) is 2. The lowest BCUT2D eigenvalue weighted by molar-refractivity contribution is -0.138. The summed E-state index contributed by atoms with van der Waals surface area (Å²) in [4.78, 5) is 32.9. The van der Waals surface area contributed by atoms with Gasteiger partial charge in [-0.05, 0) is 56.7 Å².